The Bertz CT molecular complexity index is 1060. The van der Waals surface area contributed by atoms with Crippen LogP contribution in [0, 0.1) is 17.6 Å². The zero-order chi connectivity index (χ0) is 21.6. The van der Waals surface area contributed by atoms with Crippen LogP contribution < -0.4 is 10.2 Å². The molecule has 2 aliphatic heterocycles. The molecule has 0 aliphatic carbocycles. The van der Waals surface area contributed by atoms with Crippen molar-refractivity contribution < 1.29 is 23.2 Å². The monoisotopic (exact) mass is 413 g/mol. The molecule has 1 N–H and O–H groups in total. The van der Waals surface area contributed by atoms with Gasteiger partial charge in [-0.05, 0) is 36.1 Å². The van der Waals surface area contributed by atoms with Crippen LogP contribution in [0.5, 0.6) is 0 Å². The second-order valence-electron chi connectivity index (χ2n) is 7.98. The molecule has 2 aromatic rings. The van der Waals surface area contributed by atoms with Crippen LogP contribution in [0.15, 0.2) is 42.5 Å². The summed E-state index contributed by atoms with van der Waals surface area (Å²) in [5.41, 5.74) is -0.638. The minimum absolute atomic E-state index is 0.0655. The van der Waals surface area contributed by atoms with E-state index in [4.69, 9.17) is 0 Å². The van der Waals surface area contributed by atoms with Gasteiger partial charge in [-0.15, -0.1) is 0 Å². The quantitative estimate of drug-likeness (QED) is 0.604. The third-order valence-corrected chi connectivity index (χ3v) is 5.53. The number of imide groups is 1. The molecule has 4 amide bonds. The first-order valence-electron chi connectivity index (χ1n) is 9.75. The van der Waals surface area contributed by atoms with Crippen molar-refractivity contribution in [3.05, 3.63) is 65.2 Å². The molecular formula is C22H21F2N3O3. The smallest absolute Gasteiger partial charge is 0.311 e. The van der Waals surface area contributed by atoms with Gasteiger partial charge in [-0.2, -0.15) is 0 Å². The lowest BCUT2D eigenvalue weighted by atomic mass is 9.91. The molecule has 0 aromatic heterocycles. The minimum atomic E-state index is -1.83. The summed E-state index contributed by atoms with van der Waals surface area (Å²) in [6.07, 6.45) is 0.615. The van der Waals surface area contributed by atoms with Gasteiger partial charge in [-0.1, -0.05) is 38.1 Å². The number of nitrogens with one attached hydrogen (secondary N) is 1. The Hall–Kier alpha value is -3.29. The fraction of sp³-hybridized carbons (Fsp3) is 0.318. The second kappa shape index (κ2) is 7.19. The van der Waals surface area contributed by atoms with E-state index in [1.165, 1.54) is 11.0 Å². The Morgan fingerprint density at radius 3 is 2.37 bits per heavy atom. The van der Waals surface area contributed by atoms with Crippen molar-refractivity contribution in [2.75, 3.05) is 11.4 Å². The molecule has 2 aromatic carbocycles. The van der Waals surface area contributed by atoms with Gasteiger partial charge in [0, 0.05) is 12.1 Å². The normalized spacial score (nSPS) is 20.5. The largest absolute Gasteiger partial charge is 0.325 e. The van der Waals surface area contributed by atoms with E-state index in [-0.39, 0.29) is 19.0 Å². The number of hydrogen-bond acceptors (Lipinski definition) is 3. The maximum atomic E-state index is 13.7. The van der Waals surface area contributed by atoms with E-state index in [1.807, 2.05) is 13.8 Å². The fourth-order valence-electron chi connectivity index (χ4n) is 3.92. The number of rotatable bonds is 5. The third-order valence-electron chi connectivity index (χ3n) is 5.53. The van der Waals surface area contributed by atoms with Crippen molar-refractivity contribution in [3.63, 3.8) is 0 Å². The Kier molecular flexibility index (Phi) is 4.80. The number of benzene rings is 2. The molecule has 1 saturated heterocycles. The minimum Gasteiger partial charge on any atom is -0.311 e. The summed E-state index contributed by atoms with van der Waals surface area (Å²) in [5, 5.41) is 2.61. The highest BCUT2D eigenvalue weighted by Crippen LogP contribution is 2.44. The number of urea groups is 1. The first-order chi connectivity index (χ1) is 14.3. The molecule has 2 heterocycles. The van der Waals surface area contributed by atoms with Gasteiger partial charge in [0.05, 0.1) is 12.2 Å². The van der Waals surface area contributed by atoms with E-state index >= 15 is 0 Å². The lowest BCUT2D eigenvalue weighted by Gasteiger charge is -2.22. The summed E-state index contributed by atoms with van der Waals surface area (Å²) in [6, 6.07) is 9.46. The number of hydrogen-bond donors (Lipinski definition) is 1. The maximum Gasteiger partial charge on any atom is 0.325 e. The van der Waals surface area contributed by atoms with Crippen molar-refractivity contribution in [1.29, 1.82) is 0 Å². The summed E-state index contributed by atoms with van der Waals surface area (Å²) in [7, 11) is 0. The zero-order valence-electron chi connectivity index (χ0n) is 16.6. The number of carbonyl (C=O) groups excluding carboxylic acids is 3. The average molecular weight is 413 g/mol. The van der Waals surface area contributed by atoms with Crippen molar-refractivity contribution in [2.24, 2.45) is 5.92 Å². The van der Waals surface area contributed by atoms with Crippen LogP contribution in [-0.2, 0) is 21.7 Å². The third kappa shape index (κ3) is 2.94. The van der Waals surface area contributed by atoms with E-state index in [2.05, 4.69) is 5.32 Å². The Labute approximate surface area is 172 Å². The zero-order valence-corrected chi connectivity index (χ0v) is 16.6. The number of anilines is 1. The van der Waals surface area contributed by atoms with E-state index < -0.39 is 35.0 Å². The van der Waals surface area contributed by atoms with Gasteiger partial charge >= 0.3 is 6.03 Å². The lowest BCUT2D eigenvalue weighted by Crippen LogP contribution is -2.52. The van der Waals surface area contributed by atoms with Gasteiger partial charge in [0.2, 0.25) is 5.54 Å². The van der Waals surface area contributed by atoms with Gasteiger partial charge in [-0.25, -0.2) is 13.6 Å². The summed E-state index contributed by atoms with van der Waals surface area (Å²) in [4.78, 5) is 41.8. The lowest BCUT2D eigenvalue weighted by molar-refractivity contribution is -0.138. The van der Waals surface area contributed by atoms with Crippen molar-refractivity contribution in [3.8, 4) is 0 Å². The molecular weight excluding hydrogens is 392 g/mol. The average Bonchev–Trinajstić information content (AvgIpc) is 3.09. The second-order valence-corrected chi connectivity index (χ2v) is 7.98. The summed E-state index contributed by atoms with van der Waals surface area (Å²) in [5.74, 6) is -2.95. The molecule has 30 heavy (non-hydrogen) atoms. The molecule has 1 atom stereocenters. The molecule has 8 heteroatoms. The highest BCUT2D eigenvalue weighted by atomic mass is 19.2. The van der Waals surface area contributed by atoms with Crippen LogP contribution in [0.2, 0.25) is 0 Å². The fourth-order valence-corrected chi connectivity index (χ4v) is 3.92. The summed E-state index contributed by atoms with van der Waals surface area (Å²) in [6.45, 7) is 4.11. The number of fused-ring (bicyclic) bond motifs is 2. The molecule has 1 spiro atoms. The molecule has 0 bridgehead atoms. The molecule has 2 aliphatic rings. The van der Waals surface area contributed by atoms with Crippen LogP contribution in [0.4, 0.5) is 19.3 Å². The number of nitrogens with zero attached hydrogens (tertiary/aromatic N) is 2. The maximum absolute atomic E-state index is 13.7. The molecule has 156 valence electrons. The molecule has 0 saturated carbocycles. The van der Waals surface area contributed by atoms with Gasteiger partial charge in [-0.3, -0.25) is 14.5 Å². The number of para-hydroxylation sites is 1. The molecule has 0 radical (unpaired) electrons. The van der Waals surface area contributed by atoms with Crippen LogP contribution in [0.25, 0.3) is 0 Å². The molecule has 1 fully saturated rings. The van der Waals surface area contributed by atoms with Gasteiger partial charge in [0.15, 0.2) is 11.6 Å². The van der Waals surface area contributed by atoms with E-state index in [0.717, 1.165) is 17.0 Å². The van der Waals surface area contributed by atoms with E-state index in [9.17, 15) is 23.2 Å². The van der Waals surface area contributed by atoms with Crippen molar-refractivity contribution >= 4 is 23.5 Å². The molecule has 4 rings (SSSR count). The van der Waals surface area contributed by atoms with Gasteiger partial charge < -0.3 is 10.2 Å². The topological polar surface area (TPSA) is 69.7 Å². The van der Waals surface area contributed by atoms with E-state index in [0.29, 0.717) is 23.2 Å². The SMILES string of the molecule is CC(C)CCN1C(=O)NC2(C1=O)C(=O)N(Cc1ccc(F)c(F)c1)c1ccccc12. The first kappa shape index (κ1) is 20.0. The summed E-state index contributed by atoms with van der Waals surface area (Å²) < 4.78 is 26.9. The predicted octanol–water partition coefficient (Wildman–Crippen LogP) is 3.30. The summed E-state index contributed by atoms with van der Waals surface area (Å²) >= 11 is 0. The van der Waals surface area contributed by atoms with E-state index in [1.54, 1.807) is 24.3 Å². The highest BCUT2D eigenvalue weighted by molar-refractivity contribution is 6.27. The Balaban J connectivity index is 1.72. The van der Waals surface area contributed by atoms with Crippen molar-refractivity contribution in [1.82, 2.24) is 10.2 Å². The van der Waals surface area contributed by atoms with Gasteiger partial charge in [0.25, 0.3) is 11.8 Å². The van der Waals surface area contributed by atoms with Crippen LogP contribution in [-0.4, -0.2) is 29.3 Å². The predicted molar refractivity (Wildman–Crippen MR) is 105 cm³/mol. The number of amides is 4. The first-order valence-corrected chi connectivity index (χ1v) is 9.75. The number of carbonyl (C=O) groups is 3. The van der Waals surface area contributed by atoms with Crippen LogP contribution in [0.1, 0.15) is 31.4 Å². The standard InChI is InChI=1S/C22H21F2N3O3/c1-13(2)9-10-26-19(28)22(25-21(26)30)15-5-3-4-6-18(15)27(20(22)29)12-14-7-8-16(23)17(24)11-14/h3-8,11,13H,9-10,12H2,1-2H3,(H,25,30). The Morgan fingerprint density at radius 2 is 1.67 bits per heavy atom. The molecule has 1 unspecified atom stereocenters. The number of halogens is 2. The van der Waals surface area contributed by atoms with Crippen LogP contribution >= 0.6 is 0 Å². The van der Waals surface area contributed by atoms with Gasteiger partial charge in [0.1, 0.15) is 0 Å². The Morgan fingerprint density at radius 1 is 0.967 bits per heavy atom. The molecule has 6 nitrogen and oxygen atoms in total. The highest BCUT2D eigenvalue weighted by Gasteiger charge is 2.63. The van der Waals surface area contributed by atoms with Crippen LogP contribution in [0.3, 0.4) is 0 Å². The van der Waals surface area contributed by atoms with Crippen molar-refractivity contribution in [2.45, 2.75) is 32.4 Å².